The number of amides is 1. The molecule has 142 valence electrons. The lowest BCUT2D eigenvalue weighted by Gasteiger charge is -2.33. The van der Waals surface area contributed by atoms with Crippen molar-refractivity contribution in [2.75, 3.05) is 11.4 Å². The zero-order chi connectivity index (χ0) is 19.3. The number of rotatable bonds is 5. The molecule has 1 fully saturated rings. The van der Waals surface area contributed by atoms with E-state index in [-0.39, 0.29) is 17.5 Å². The highest BCUT2D eigenvalue weighted by molar-refractivity contribution is 5.98. The lowest BCUT2D eigenvalue weighted by molar-refractivity contribution is -0.121. The molecule has 0 saturated carbocycles. The molecule has 3 heterocycles. The van der Waals surface area contributed by atoms with E-state index in [0.717, 1.165) is 29.9 Å². The fourth-order valence-corrected chi connectivity index (χ4v) is 3.49. The number of carbonyl (C=O) groups is 1. The minimum absolute atomic E-state index is 0.0757. The van der Waals surface area contributed by atoms with Crippen molar-refractivity contribution >= 4 is 11.6 Å². The average Bonchev–Trinajstić information content (AvgIpc) is 2.74. The van der Waals surface area contributed by atoms with Gasteiger partial charge in [-0.05, 0) is 55.3 Å². The molecule has 1 unspecified atom stereocenters. The van der Waals surface area contributed by atoms with Crippen LogP contribution in [0.3, 0.4) is 0 Å². The van der Waals surface area contributed by atoms with E-state index in [1.54, 1.807) is 23.0 Å². The van der Waals surface area contributed by atoms with Gasteiger partial charge in [0.15, 0.2) is 0 Å². The van der Waals surface area contributed by atoms with Crippen LogP contribution >= 0.6 is 0 Å². The van der Waals surface area contributed by atoms with Gasteiger partial charge in [-0.15, -0.1) is 0 Å². The van der Waals surface area contributed by atoms with Crippen LogP contribution < -0.4 is 15.8 Å². The third-order valence-corrected chi connectivity index (χ3v) is 4.96. The molecule has 1 aliphatic rings. The van der Waals surface area contributed by atoms with E-state index in [0.29, 0.717) is 13.1 Å². The third-order valence-electron chi connectivity index (χ3n) is 4.96. The summed E-state index contributed by atoms with van der Waals surface area (Å²) in [5, 5.41) is 3.33. The van der Waals surface area contributed by atoms with Gasteiger partial charge >= 0.3 is 0 Å². The Balaban J connectivity index is 1.47. The van der Waals surface area contributed by atoms with Crippen molar-refractivity contribution in [3.8, 4) is 5.69 Å². The van der Waals surface area contributed by atoms with Crippen molar-refractivity contribution in [3.63, 3.8) is 0 Å². The number of benzene rings is 1. The van der Waals surface area contributed by atoms with Crippen LogP contribution in [0.5, 0.6) is 0 Å². The Morgan fingerprint density at radius 2 is 1.75 bits per heavy atom. The molecule has 4 rings (SSSR count). The summed E-state index contributed by atoms with van der Waals surface area (Å²) in [6, 6.07) is 18.2. The van der Waals surface area contributed by atoms with Crippen LogP contribution in [0.4, 0.5) is 5.69 Å². The summed E-state index contributed by atoms with van der Waals surface area (Å²) in [5.74, 6) is 0.0757. The third kappa shape index (κ3) is 3.87. The maximum absolute atomic E-state index is 12.9. The average molecular weight is 374 g/mol. The molecule has 6 nitrogen and oxygen atoms in total. The maximum atomic E-state index is 12.9. The molecule has 0 spiro atoms. The molecule has 6 heteroatoms. The van der Waals surface area contributed by atoms with Crippen molar-refractivity contribution in [3.05, 3.63) is 89.1 Å². The van der Waals surface area contributed by atoms with Crippen molar-refractivity contribution in [2.24, 2.45) is 0 Å². The van der Waals surface area contributed by atoms with E-state index >= 15 is 0 Å². The molecule has 3 aromatic rings. The van der Waals surface area contributed by atoms with Gasteiger partial charge in [0, 0.05) is 42.9 Å². The number of nitrogens with one attached hydrogen (secondary N) is 1. The molecular formula is C22H22N4O2. The largest absolute Gasteiger partial charge is 0.311 e. The number of anilines is 1. The molecule has 1 atom stereocenters. The zero-order valence-electron chi connectivity index (χ0n) is 15.5. The Hall–Kier alpha value is -3.25. The van der Waals surface area contributed by atoms with E-state index in [1.165, 1.54) is 6.07 Å². The number of piperidine rings is 1. The summed E-state index contributed by atoms with van der Waals surface area (Å²) in [7, 11) is 0. The smallest absolute Gasteiger partial charge is 0.255 e. The van der Waals surface area contributed by atoms with Crippen LogP contribution in [0.15, 0.2) is 77.9 Å². The van der Waals surface area contributed by atoms with Crippen LogP contribution in [-0.2, 0) is 11.3 Å². The van der Waals surface area contributed by atoms with Gasteiger partial charge in [0.1, 0.15) is 0 Å². The predicted octanol–water partition coefficient (Wildman–Crippen LogP) is 2.52. The molecule has 2 aromatic heterocycles. The van der Waals surface area contributed by atoms with E-state index in [9.17, 15) is 9.59 Å². The first kappa shape index (κ1) is 18.1. The minimum Gasteiger partial charge on any atom is -0.311 e. The Kier molecular flexibility index (Phi) is 5.30. The molecule has 1 aliphatic heterocycles. The predicted molar refractivity (Wildman–Crippen MR) is 108 cm³/mol. The van der Waals surface area contributed by atoms with Gasteiger partial charge in [0.2, 0.25) is 5.91 Å². The SMILES string of the molecule is O=C1C(NCc2ccccn2)CCCN1c1ccc(-n2ccccc2=O)cc1. The van der Waals surface area contributed by atoms with Crippen LogP contribution in [0.25, 0.3) is 5.69 Å². The second-order valence-electron chi connectivity index (χ2n) is 6.81. The van der Waals surface area contributed by atoms with Crippen LogP contribution in [0.1, 0.15) is 18.5 Å². The maximum Gasteiger partial charge on any atom is 0.255 e. The molecule has 0 radical (unpaired) electrons. The highest BCUT2D eigenvalue weighted by Gasteiger charge is 2.29. The standard InChI is InChI=1S/C22H22N4O2/c27-21-8-2-4-14-25(21)18-9-11-19(12-10-18)26-15-5-7-20(22(26)28)24-16-17-6-1-3-13-23-17/h1-4,6,8-14,20,24H,5,7,15-16H2. The normalized spacial score (nSPS) is 16.9. The molecule has 0 aliphatic carbocycles. The first-order valence-electron chi connectivity index (χ1n) is 9.45. The summed E-state index contributed by atoms with van der Waals surface area (Å²) in [5.41, 5.74) is 2.47. The number of pyridine rings is 2. The fourth-order valence-electron chi connectivity index (χ4n) is 3.49. The molecular weight excluding hydrogens is 352 g/mol. The summed E-state index contributed by atoms with van der Waals surface area (Å²) in [6.07, 6.45) is 5.25. The van der Waals surface area contributed by atoms with Gasteiger partial charge in [0.05, 0.1) is 11.7 Å². The topological polar surface area (TPSA) is 67.2 Å². The number of carbonyl (C=O) groups excluding carboxylic acids is 1. The van der Waals surface area contributed by atoms with Crippen molar-refractivity contribution in [2.45, 2.75) is 25.4 Å². The van der Waals surface area contributed by atoms with E-state index in [1.807, 2.05) is 53.4 Å². The quantitative estimate of drug-likeness (QED) is 0.745. The van der Waals surface area contributed by atoms with Gasteiger partial charge in [0.25, 0.3) is 5.56 Å². The van der Waals surface area contributed by atoms with E-state index in [4.69, 9.17) is 0 Å². The number of nitrogens with zero attached hydrogens (tertiary/aromatic N) is 3. The Bertz CT molecular complexity index is 999. The second kappa shape index (κ2) is 8.19. The van der Waals surface area contributed by atoms with Gasteiger partial charge in [-0.3, -0.25) is 19.1 Å². The highest BCUT2D eigenvalue weighted by atomic mass is 16.2. The van der Waals surface area contributed by atoms with Crippen LogP contribution in [0, 0.1) is 0 Å². The molecule has 1 aromatic carbocycles. The second-order valence-corrected chi connectivity index (χ2v) is 6.81. The Morgan fingerprint density at radius 1 is 0.964 bits per heavy atom. The minimum atomic E-state index is -0.216. The fraction of sp³-hybridized carbons (Fsp3) is 0.227. The van der Waals surface area contributed by atoms with Gasteiger partial charge in [-0.2, -0.15) is 0 Å². The molecule has 28 heavy (non-hydrogen) atoms. The Labute approximate surface area is 163 Å². The van der Waals surface area contributed by atoms with Gasteiger partial charge in [-0.25, -0.2) is 0 Å². The van der Waals surface area contributed by atoms with E-state index < -0.39 is 0 Å². The monoisotopic (exact) mass is 374 g/mol. The molecule has 1 amide bonds. The van der Waals surface area contributed by atoms with E-state index in [2.05, 4.69) is 10.3 Å². The van der Waals surface area contributed by atoms with Crippen molar-refractivity contribution in [1.29, 1.82) is 0 Å². The lowest BCUT2D eigenvalue weighted by atomic mass is 10.0. The first-order valence-corrected chi connectivity index (χ1v) is 9.45. The summed E-state index contributed by atoms with van der Waals surface area (Å²) >= 11 is 0. The highest BCUT2D eigenvalue weighted by Crippen LogP contribution is 2.22. The number of hydrogen-bond donors (Lipinski definition) is 1. The van der Waals surface area contributed by atoms with Crippen molar-refractivity contribution < 1.29 is 4.79 Å². The molecule has 1 saturated heterocycles. The van der Waals surface area contributed by atoms with Gasteiger partial charge < -0.3 is 10.2 Å². The summed E-state index contributed by atoms with van der Waals surface area (Å²) in [4.78, 5) is 31.0. The zero-order valence-corrected chi connectivity index (χ0v) is 15.5. The molecule has 0 bridgehead atoms. The summed E-state index contributed by atoms with van der Waals surface area (Å²) < 4.78 is 1.58. The lowest BCUT2D eigenvalue weighted by Crippen LogP contribution is -2.50. The van der Waals surface area contributed by atoms with Crippen molar-refractivity contribution in [1.82, 2.24) is 14.9 Å². The van der Waals surface area contributed by atoms with Crippen LogP contribution in [-0.4, -0.2) is 28.0 Å². The number of aromatic nitrogens is 2. The first-order chi connectivity index (χ1) is 13.7. The Morgan fingerprint density at radius 3 is 2.50 bits per heavy atom. The van der Waals surface area contributed by atoms with Crippen LogP contribution in [0.2, 0.25) is 0 Å². The number of hydrogen-bond acceptors (Lipinski definition) is 4. The molecule has 1 N–H and O–H groups in total. The van der Waals surface area contributed by atoms with Gasteiger partial charge in [-0.1, -0.05) is 12.1 Å². The summed E-state index contributed by atoms with van der Waals surface area (Å²) in [6.45, 7) is 1.27.